The Balaban J connectivity index is 1.43. The van der Waals surface area contributed by atoms with E-state index in [4.69, 9.17) is 21.1 Å². The van der Waals surface area contributed by atoms with Gasteiger partial charge in [0, 0.05) is 27.6 Å². The van der Waals surface area contributed by atoms with Crippen molar-refractivity contribution in [2.75, 3.05) is 25.0 Å². The molecule has 0 saturated carbocycles. The van der Waals surface area contributed by atoms with Crippen LogP contribution >= 0.6 is 11.6 Å². The summed E-state index contributed by atoms with van der Waals surface area (Å²) in [7, 11) is -1.30. The Bertz CT molecular complexity index is 1410. The van der Waals surface area contributed by atoms with Gasteiger partial charge in [-0.1, -0.05) is 61.6 Å². The number of carbonyl (C=O) groups is 2. The van der Waals surface area contributed by atoms with Gasteiger partial charge in [-0.2, -0.15) is 5.10 Å². The first-order valence-electron chi connectivity index (χ1n) is 13.4. The third-order valence-corrected chi connectivity index (χ3v) is 9.14. The average molecular weight is 586 g/mol. The van der Waals surface area contributed by atoms with Crippen LogP contribution in [0.2, 0.25) is 30.7 Å². The van der Waals surface area contributed by atoms with E-state index in [-0.39, 0.29) is 35.4 Å². The largest absolute Gasteiger partial charge is 0.436 e. The Labute approximate surface area is 238 Å². The van der Waals surface area contributed by atoms with Crippen molar-refractivity contribution < 1.29 is 23.5 Å². The van der Waals surface area contributed by atoms with Crippen LogP contribution in [0, 0.1) is 5.82 Å². The smallest absolute Gasteiger partial charge is 0.412 e. The second-order valence-electron chi connectivity index (χ2n) is 11.5. The molecule has 0 radical (unpaired) electrons. The van der Waals surface area contributed by atoms with Gasteiger partial charge in [0.1, 0.15) is 6.73 Å². The second kappa shape index (κ2) is 11.3. The molecule has 2 aliphatic heterocycles. The molecule has 40 heavy (non-hydrogen) atoms. The van der Waals surface area contributed by atoms with E-state index >= 15 is 4.39 Å². The van der Waals surface area contributed by atoms with Gasteiger partial charge in [0.2, 0.25) is 5.82 Å². The number of nitrogens with zero attached hydrogens (tertiary/aromatic N) is 4. The minimum absolute atomic E-state index is 0.0408. The number of benzene rings is 2. The van der Waals surface area contributed by atoms with Crippen LogP contribution in [0.1, 0.15) is 40.4 Å². The third kappa shape index (κ3) is 6.06. The van der Waals surface area contributed by atoms with Crippen molar-refractivity contribution in [2.24, 2.45) is 0 Å². The fraction of sp³-hybridized carbons (Fsp3) is 0.429. The lowest BCUT2D eigenvalue weighted by molar-refractivity contribution is -0.0424. The van der Waals surface area contributed by atoms with Gasteiger partial charge >= 0.3 is 6.09 Å². The zero-order valence-corrected chi connectivity index (χ0v) is 24.6. The Hall–Kier alpha value is -3.28. The van der Waals surface area contributed by atoms with E-state index in [0.717, 1.165) is 11.6 Å². The Kier molecular flexibility index (Phi) is 7.98. The summed E-state index contributed by atoms with van der Waals surface area (Å²) < 4.78 is 28.4. The fourth-order valence-corrected chi connectivity index (χ4v) is 6.02. The topological polar surface area (TPSA) is 98.6 Å². The molecule has 0 unspecified atom stereocenters. The van der Waals surface area contributed by atoms with Gasteiger partial charge in [-0.15, -0.1) is 0 Å². The van der Waals surface area contributed by atoms with Gasteiger partial charge in [-0.25, -0.2) is 18.9 Å². The summed E-state index contributed by atoms with van der Waals surface area (Å²) >= 11 is 6.10. The van der Waals surface area contributed by atoms with Gasteiger partial charge in [-0.3, -0.25) is 10.1 Å². The molecular formula is C28H33ClFN5O4Si. The molecule has 1 N–H and O–H groups in total. The number of carbonyl (C=O) groups excluding carboxylic acids is 2. The van der Waals surface area contributed by atoms with Crippen molar-refractivity contribution >= 4 is 37.4 Å². The van der Waals surface area contributed by atoms with Crippen molar-refractivity contribution in [2.45, 2.75) is 57.3 Å². The van der Waals surface area contributed by atoms with Crippen LogP contribution in [-0.4, -0.2) is 59.4 Å². The number of amides is 2. The van der Waals surface area contributed by atoms with E-state index in [2.05, 4.69) is 35.0 Å². The molecule has 2 aliphatic rings. The van der Waals surface area contributed by atoms with Crippen LogP contribution in [0.5, 0.6) is 0 Å². The average Bonchev–Trinajstić information content (AvgIpc) is 3.30. The summed E-state index contributed by atoms with van der Waals surface area (Å²) in [5.41, 5.74) is 0.0851. The Morgan fingerprint density at radius 3 is 2.75 bits per heavy atom. The van der Waals surface area contributed by atoms with E-state index in [0.29, 0.717) is 38.2 Å². The number of aromatic nitrogens is 3. The molecule has 1 spiro atoms. The summed E-state index contributed by atoms with van der Waals surface area (Å²) in [6, 6.07) is 13.7. The molecule has 2 aromatic carbocycles. The van der Waals surface area contributed by atoms with Crippen molar-refractivity contribution in [3.8, 4) is 0 Å². The van der Waals surface area contributed by atoms with Crippen LogP contribution in [0.4, 0.5) is 14.9 Å². The zero-order chi connectivity index (χ0) is 28.5. The molecule has 3 heterocycles. The molecule has 212 valence electrons. The quantitative estimate of drug-likeness (QED) is 0.270. The maximum absolute atomic E-state index is 15.3. The second-order valence-corrected chi connectivity index (χ2v) is 17.5. The lowest BCUT2D eigenvalue weighted by Crippen LogP contribution is -2.54. The lowest BCUT2D eigenvalue weighted by atomic mass is 9.83. The minimum Gasteiger partial charge on any atom is -0.436 e. The fourth-order valence-electron chi connectivity index (χ4n) is 5.11. The number of anilines is 1. The van der Waals surface area contributed by atoms with Crippen LogP contribution in [0.3, 0.4) is 0 Å². The molecule has 2 amide bonds. The predicted molar refractivity (Wildman–Crippen MR) is 152 cm³/mol. The highest BCUT2D eigenvalue weighted by Gasteiger charge is 2.49. The number of rotatable bonds is 8. The molecular weight excluding hydrogens is 553 g/mol. The summed E-state index contributed by atoms with van der Waals surface area (Å²) in [6.07, 6.45) is 0.586. The first-order valence-corrected chi connectivity index (χ1v) is 17.5. The molecule has 1 atom stereocenters. The van der Waals surface area contributed by atoms with Crippen LogP contribution in [0.25, 0.3) is 0 Å². The molecule has 12 heteroatoms. The summed E-state index contributed by atoms with van der Waals surface area (Å²) in [4.78, 5) is 32.5. The number of halogens is 2. The first-order chi connectivity index (χ1) is 19.0. The van der Waals surface area contributed by atoms with Crippen molar-refractivity contribution in [1.82, 2.24) is 19.7 Å². The standard InChI is InChI=1S/C28H33ClFN5O4Si/c1-40(2,3)15-14-38-18-35-25(32-22(33-35)16-19-8-5-4-6-9-19)26(36)34-13-7-12-28(17-34)23-21(31-27(37)39-28)11-10-20(29)24(23)30/h4-6,8-11H,7,12-18H2,1-3H3,(H,31,37)/t28-/m0/s1. The zero-order valence-electron chi connectivity index (χ0n) is 22.9. The van der Waals surface area contributed by atoms with Crippen molar-refractivity contribution in [1.29, 1.82) is 0 Å². The van der Waals surface area contributed by atoms with Crippen LogP contribution < -0.4 is 5.32 Å². The number of piperidine rings is 1. The molecule has 0 aliphatic carbocycles. The summed E-state index contributed by atoms with van der Waals surface area (Å²) in [5, 5.41) is 7.07. The highest BCUT2D eigenvalue weighted by molar-refractivity contribution is 6.76. The molecule has 1 fully saturated rings. The highest BCUT2D eigenvalue weighted by atomic mass is 35.5. The maximum Gasteiger partial charge on any atom is 0.412 e. The number of ether oxygens (including phenoxy) is 2. The van der Waals surface area contributed by atoms with Gasteiger partial charge in [0.25, 0.3) is 5.91 Å². The molecule has 5 rings (SSSR count). The minimum atomic E-state index is -1.37. The first kappa shape index (κ1) is 28.3. The van der Waals surface area contributed by atoms with Crippen LogP contribution in [0.15, 0.2) is 42.5 Å². The van der Waals surface area contributed by atoms with Crippen molar-refractivity contribution in [3.63, 3.8) is 0 Å². The van der Waals surface area contributed by atoms with Gasteiger partial charge in [-0.05, 0) is 36.6 Å². The van der Waals surface area contributed by atoms with Crippen molar-refractivity contribution in [3.05, 3.63) is 76.1 Å². The molecule has 3 aromatic rings. The van der Waals surface area contributed by atoms with Gasteiger partial charge in [0.05, 0.1) is 22.8 Å². The van der Waals surface area contributed by atoms with E-state index in [1.165, 1.54) is 10.7 Å². The molecule has 0 bridgehead atoms. The molecule has 1 saturated heterocycles. The Morgan fingerprint density at radius 2 is 2.00 bits per heavy atom. The normalized spacial score (nSPS) is 18.8. The van der Waals surface area contributed by atoms with E-state index < -0.39 is 31.5 Å². The SMILES string of the molecule is C[Si](C)(C)CCOCn1nc(Cc2ccccc2)nc1C(=O)N1CCC[C@@]2(C1)OC(=O)Nc1ccc(Cl)c(F)c12. The molecule has 1 aromatic heterocycles. The number of hydrogen-bond acceptors (Lipinski definition) is 6. The van der Waals surface area contributed by atoms with Gasteiger partial charge < -0.3 is 14.4 Å². The summed E-state index contributed by atoms with van der Waals surface area (Å²) in [5.74, 6) is -0.439. The maximum atomic E-state index is 15.3. The number of likely N-dealkylation sites (tertiary alicyclic amines) is 1. The van der Waals surface area contributed by atoms with E-state index in [9.17, 15) is 9.59 Å². The number of nitrogens with one attached hydrogen (secondary N) is 1. The van der Waals surface area contributed by atoms with Crippen LogP contribution in [-0.2, 0) is 28.2 Å². The summed E-state index contributed by atoms with van der Waals surface area (Å²) in [6.45, 7) is 7.80. The molecule has 9 nitrogen and oxygen atoms in total. The Morgan fingerprint density at radius 1 is 1.23 bits per heavy atom. The number of fused-ring (bicyclic) bond motifs is 2. The van der Waals surface area contributed by atoms with E-state index in [1.54, 1.807) is 11.0 Å². The predicted octanol–water partition coefficient (Wildman–Crippen LogP) is 5.67. The monoisotopic (exact) mass is 585 g/mol. The lowest BCUT2D eigenvalue weighted by Gasteiger charge is -2.45. The highest BCUT2D eigenvalue weighted by Crippen LogP contribution is 2.45. The number of hydrogen-bond donors (Lipinski definition) is 1. The van der Waals surface area contributed by atoms with Gasteiger partial charge in [0.15, 0.2) is 17.2 Å². The third-order valence-electron chi connectivity index (χ3n) is 7.14. The van der Waals surface area contributed by atoms with E-state index in [1.807, 2.05) is 30.3 Å².